The van der Waals surface area contributed by atoms with Crippen molar-refractivity contribution in [3.63, 3.8) is 0 Å². The molecule has 2 aromatic carbocycles. The van der Waals surface area contributed by atoms with Crippen LogP contribution in [0, 0.1) is 10.1 Å². The van der Waals surface area contributed by atoms with Crippen molar-refractivity contribution in [1.29, 1.82) is 0 Å². The van der Waals surface area contributed by atoms with Crippen molar-refractivity contribution in [3.05, 3.63) is 58.6 Å². The molecular weight excluding hydrogens is 312 g/mol. The van der Waals surface area contributed by atoms with Crippen molar-refractivity contribution < 1.29 is 17.6 Å². The molecule has 0 amide bonds. The summed E-state index contributed by atoms with van der Waals surface area (Å²) in [5.74, 6) is 0. The number of nitro benzene ring substituents is 1. The van der Waals surface area contributed by atoms with E-state index in [9.17, 15) is 18.5 Å². The van der Waals surface area contributed by atoms with Gasteiger partial charge in [-0.2, -0.15) is 8.42 Å². The molecule has 22 heavy (non-hydrogen) atoms. The van der Waals surface area contributed by atoms with Gasteiger partial charge in [0.1, 0.15) is 15.9 Å². The largest absolute Gasteiger partial charge is 0.358 e. The molecule has 10 heteroatoms. The van der Waals surface area contributed by atoms with Crippen molar-refractivity contribution in [3.8, 4) is 0 Å². The second-order valence-electron chi connectivity index (χ2n) is 4.23. The molecule has 0 fully saturated rings. The number of hydrogen-bond donors (Lipinski definition) is 0. The van der Waals surface area contributed by atoms with Crippen molar-refractivity contribution in [1.82, 2.24) is 15.2 Å². The van der Waals surface area contributed by atoms with Crippen molar-refractivity contribution >= 4 is 26.8 Å². The molecule has 0 atom stereocenters. The Morgan fingerprint density at radius 2 is 1.86 bits per heavy atom. The van der Waals surface area contributed by atoms with Gasteiger partial charge >= 0.3 is 10.1 Å². The van der Waals surface area contributed by atoms with Crippen LogP contribution < -0.4 is 4.28 Å². The standard InChI is InChI=1S/C12H8N4O5S/c17-16(18)9-6-7-11-12(8-9)15(14-13-11)21-22(19,20)10-4-2-1-3-5-10/h1-8H. The van der Waals surface area contributed by atoms with Crippen LogP contribution in [0.25, 0.3) is 11.0 Å². The lowest BCUT2D eigenvalue weighted by Crippen LogP contribution is -2.21. The highest BCUT2D eigenvalue weighted by atomic mass is 32.2. The molecule has 1 aromatic heterocycles. The third-order valence-electron chi connectivity index (χ3n) is 2.81. The summed E-state index contributed by atoms with van der Waals surface area (Å²) in [5, 5.41) is 18.0. The Balaban J connectivity index is 2.04. The molecule has 112 valence electrons. The second kappa shape index (κ2) is 5.07. The Morgan fingerprint density at radius 1 is 1.14 bits per heavy atom. The predicted octanol–water partition coefficient (Wildman–Crippen LogP) is 1.16. The van der Waals surface area contributed by atoms with E-state index in [1.54, 1.807) is 18.2 Å². The molecule has 0 N–H and O–H groups in total. The molecule has 0 radical (unpaired) electrons. The Kier molecular flexibility index (Phi) is 3.22. The second-order valence-corrected chi connectivity index (χ2v) is 5.76. The Labute approximate surface area is 124 Å². The maximum Gasteiger partial charge on any atom is 0.358 e. The van der Waals surface area contributed by atoms with Gasteiger partial charge in [-0.1, -0.05) is 23.0 Å². The smallest absolute Gasteiger partial charge is 0.264 e. The van der Waals surface area contributed by atoms with Crippen LogP contribution >= 0.6 is 0 Å². The normalized spacial score (nSPS) is 11.5. The van der Waals surface area contributed by atoms with Crippen LogP contribution in [0.1, 0.15) is 0 Å². The van der Waals surface area contributed by atoms with Crippen LogP contribution in [-0.4, -0.2) is 28.5 Å². The predicted molar refractivity (Wildman–Crippen MR) is 74.4 cm³/mol. The zero-order chi connectivity index (χ0) is 15.7. The van der Waals surface area contributed by atoms with Gasteiger partial charge in [0.2, 0.25) is 0 Å². The van der Waals surface area contributed by atoms with Gasteiger partial charge in [0, 0.05) is 12.1 Å². The number of hydrogen-bond acceptors (Lipinski definition) is 7. The Bertz CT molecular complexity index is 952. The molecule has 0 aliphatic carbocycles. The van der Waals surface area contributed by atoms with E-state index in [0.29, 0.717) is 4.85 Å². The summed E-state index contributed by atoms with van der Waals surface area (Å²) in [7, 11) is -4.12. The minimum absolute atomic E-state index is 0.0657. The van der Waals surface area contributed by atoms with Gasteiger partial charge in [-0.05, 0) is 23.4 Å². The van der Waals surface area contributed by atoms with E-state index in [0.717, 1.165) is 6.07 Å². The number of nitro groups is 1. The minimum atomic E-state index is -4.12. The monoisotopic (exact) mass is 320 g/mol. The fourth-order valence-corrected chi connectivity index (χ4v) is 2.65. The molecule has 0 bridgehead atoms. The first-order valence-corrected chi connectivity index (χ1v) is 7.38. The van der Waals surface area contributed by atoms with Gasteiger partial charge in [0.05, 0.1) is 4.92 Å². The van der Waals surface area contributed by atoms with Crippen LogP contribution in [-0.2, 0) is 10.1 Å². The van der Waals surface area contributed by atoms with Gasteiger partial charge in [-0.15, -0.1) is 5.10 Å². The van der Waals surface area contributed by atoms with Crippen LogP contribution in [0.2, 0.25) is 0 Å². The molecule has 0 aliphatic heterocycles. The maximum atomic E-state index is 12.1. The van der Waals surface area contributed by atoms with E-state index in [4.69, 9.17) is 4.28 Å². The van der Waals surface area contributed by atoms with E-state index < -0.39 is 15.0 Å². The van der Waals surface area contributed by atoms with Crippen LogP contribution in [0.5, 0.6) is 0 Å². The average Bonchev–Trinajstić information content (AvgIpc) is 2.90. The zero-order valence-corrected chi connectivity index (χ0v) is 11.7. The molecule has 0 spiro atoms. The number of nitrogens with zero attached hydrogens (tertiary/aromatic N) is 4. The molecule has 9 nitrogen and oxygen atoms in total. The van der Waals surface area contributed by atoms with Crippen molar-refractivity contribution in [2.24, 2.45) is 0 Å². The maximum absolute atomic E-state index is 12.1. The summed E-state index contributed by atoms with van der Waals surface area (Å²) in [5.41, 5.74) is 0.124. The van der Waals surface area contributed by atoms with Gasteiger partial charge in [0.15, 0.2) is 0 Å². The zero-order valence-electron chi connectivity index (χ0n) is 10.9. The Morgan fingerprint density at radius 3 is 2.55 bits per heavy atom. The van der Waals surface area contributed by atoms with Crippen LogP contribution in [0.3, 0.4) is 0 Å². The Hall–Kier alpha value is -3.01. The topological polar surface area (TPSA) is 117 Å². The number of aromatic nitrogens is 3. The number of rotatable bonds is 4. The highest BCUT2D eigenvalue weighted by Gasteiger charge is 2.20. The number of non-ortho nitro benzene ring substituents is 1. The summed E-state index contributed by atoms with van der Waals surface area (Å²) < 4.78 is 29.1. The van der Waals surface area contributed by atoms with Crippen LogP contribution in [0.4, 0.5) is 5.69 Å². The molecule has 0 aliphatic rings. The molecular formula is C12H8N4O5S. The highest BCUT2D eigenvalue weighted by molar-refractivity contribution is 7.87. The van der Waals surface area contributed by atoms with E-state index >= 15 is 0 Å². The molecule has 3 aromatic rings. The van der Waals surface area contributed by atoms with E-state index in [1.807, 2.05) is 0 Å². The van der Waals surface area contributed by atoms with E-state index in [1.165, 1.54) is 24.3 Å². The summed E-state index contributed by atoms with van der Waals surface area (Å²) >= 11 is 0. The molecule has 1 heterocycles. The van der Waals surface area contributed by atoms with Crippen molar-refractivity contribution in [2.75, 3.05) is 0 Å². The molecule has 0 saturated carbocycles. The first kappa shape index (κ1) is 13.9. The first-order chi connectivity index (χ1) is 10.5. The van der Waals surface area contributed by atoms with Gasteiger partial charge in [0.25, 0.3) is 5.69 Å². The third-order valence-corrected chi connectivity index (χ3v) is 4.00. The van der Waals surface area contributed by atoms with Crippen LogP contribution in [0.15, 0.2) is 53.4 Å². The lowest BCUT2D eigenvalue weighted by atomic mass is 10.3. The molecule has 3 rings (SSSR count). The number of fused-ring (bicyclic) bond motifs is 1. The quantitative estimate of drug-likeness (QED) is 0.523. The lowest BCUT2D eigenvalue weighted by molar-refractivity contribution is -0.384. The average molecular weight is 320 g/mol. The fraction of sp³-hybridized carbons (Fsp3) is 0. The summed E-state index contributed by atoms with van der Waals surface area (Å²) in [4.78, 5) is 10.8. The molecule has 0 saturated heterocycles. The van der Waals surface area contributed by atoms with Gasteiger partial charge < -0.3 is 0 Å². The SMILES string of the molecule is O=[N+]([O-])c1ccc2nnn(OS(=O)(=O)c3ccccc3)c2c1. The van der Waals surface area contributed by atoms with Gasteiger partial charge in [-0.25, -0.2) is 0 Å². The number of benzene rings is 2. The summed E-state index contributed by atoms with van der Waals surface area (Å²) in [6.07, 6.45) is 0. The minimum Gasteiger partial charge on any atom is -0.264 e. The van der Waals surface area contributed by atoms with Gasteiger partial charge in [-0.3, -0.25) is 14.4 Å². The third kappa shape index (κ3) is 2.46. The lowest BCUT2D eigenvalue weighted by Gasteiger charge is -2.05. The summed E-state index contributed by atoms with van der Waals surface area (Å²) in [6, 6.07) is 11.2. The first-order valence-electron chi connectivity index (χ1n) is 5.97. The molecule has 0 unspecified atom stereocenters. The van der Waals surface area contributed by atoms with Crippen molar-refractivity contribution in [2.45, 2.75) is 4.90 Å². The fourth-order valence-electron chi connectivity index (χ4n) is 1.78. The highest BCUT2D eigenvalue weighted by Crippen LogP contribution is 2.19. The summed E-state index contributed by atoms with van der Waals surface area (Å²) in [6.45, 7) is 0. The van der Waals surface area contributed by atoms with E-state index in [2.05, 4.69) is 10.3 Å². The van der Waals surface area contributed by atoms with E-state index in [-0.39, 0.29) is 21.6 Å².